The molecule has 0 N–H and O–H groups in total. The normalized spacial score (nSPS) is 9.15. The van der Waals surface area contributed by atoms with Gasteiger partial charge < -0.3 is 0 Å². The van der Waals surface area contributed by atoms with E-state index in [1.807, 2.05) is 24.3 Å². The van der Waals surface area contributed by atoms with Crippen LogP contribution in [-0.4, -0.2) is 0 Å². The molecule has 2 rings (SSSR count). The first kappa shape index (κ1) is 10.6. The topological polar surface area (TPSA) is 0 Å². The van der Waals surface area contributed by atoms with Gasteiger partial charge in [0.05, 0.1) is 0 Å². The maximum atomic E-state index is 4.76. The molecule has 2 aromatic carbocycles. The summed E-state index contributed by atoms with van der Waals surface area (Å²) in [5, 5.41) is 2.51. The Labute approximate surface area is 92.6 Å². The number of hydrogen-bond acceptors (Lipinski definition) is 0. The Morgan fingerprint density at radius 3 is 2.23 bits per heavy atom. The van der Waals surface area contributed by atoms with Crippen LogP contribution in [0.3, 0.4) is 0 Å². The summed E-state index contributed by atoms with van der Waals surface area (Å²) in [5.41, 5.74) is 1.10. The zero-order chi connectivity index (χ0) is 9.68. The molecule has 0 radical (unpaired) electrons. The molecule has 0 heterocycles. The Kier molecular flexibility index (Phi) is 4.28. The number of hydrogen-bond donors (Lipinski definition) is 0. The molecule has 2 heteroatoms. The number of benzene rings is 2. The molecule has 0 aliphatic heterocycles. The molecule has 0 saturated heterocycles. The monoisotopic (exact) mass is 240 g/mol. The van der Waals surface area contributed by atoms with Gasteiger partial charge in [-0.05, 0) is 0 Å². The van der Waals surface area contributed by atoms with E-state index in [9.17, 15) is 0 Å². The van der Waals surface area contributed by atoms with Crippen LogP contribution in [0.5, 0.6) is 0 Å². The van der Waals surface area contributed by atoms with Crippen molar-refractivity contribution >= 4 is 20.5 Å². The van der Waals surface area contributed by atoms with Crippen LogP contribution in [0.15, 0.2) is 42.5 Å². The fourth-order valence-electron chi connectivity index (χ4n) is 1.29. The molecule has 0 aliphatic carbocycles. The van der Waals surface area contributed by atoms with Crippen molar-refractivity contribution in [2.45, 2.75) is 0 Å². The van der Waals surface area contributed by atoms with Gasteiger partial charge in [-0.1, -0.05) is 29.7 Å². The minimum atomic E-state index is 0.847. The van der Waals surface area contributed by atoms with Gasteiger partial charge in [0.1, 0.15) is 0 Å². The summed E-state index contributed by atoms with van der Waals surface area (Å²) in [6.45, 7) is 3.95. The Morgan fingerprint density at radius 1 is 0.923 bits per heavy atom. The summed E-state index contributed by atoms with van der Waals surface area (Å²) >= 11 is 0.847. The van der Waals surface area contributed by atoms with Gasteiger partial charge in [-0.2, -0.15) is 18.6 Å². The Hall–Kier alpha value is -0.517. The van der Waals surface area contributed by atoms with Crippen LogP contribution in [0.25, 0.3) is 10.8 Å². The van der Waals surface area contributed by atoms with E-state index >= 15 is 0 Å². The Morgan fingerprint density at radius 2 is 1.54 bits per heavy atom. The first-order valence-electron chi connectivity index (χ1n) is 3.94. The maximum absolute atomic E-state index is 4.76. The number of fused-ring (bicyclic) bond motifs is 1. The number of rotatable bonds is 0. The Bertz CT molecular complexity index is 379. The van der Waals surface area contributed by atoms with E-state index in [-0.39, 0.29) is 0 Å². The standard InChI is InChI=1S/C11H9.ClH.Zn/c1-9-5-4-7-10-6-2-3-8-11(9)10;;/h2-8H,1H2;1H;/q-1;;+2/p-1. The first-order valence-corrected chi connectivity index (χ1v) is 7.84. The van der Waals surface area contributed by atoms with Crippen molar-refractivity contribution in [2.24, 2.45) is 0 Å². The van der Waals surface area contributed by atoms with Gasteiger partial charge in [0.25, 0.3) is 0 Å². The van der Waals surface area contributed by atoms with Crippen LogP contribution in [0, 0.1) is 6.92 Å². The van der Waals surface area contributed by atoms with Gasteiger partial charge in [0, 0.05) is 0 Å². The summed E-state index contributed by atoms with van der Waals surface area (Å²) in [4.78, 5) is 0. The van der Waals surface area contributed by atoms with Crippen LogP contribution in [0.4, 0.5) is 0 Å². The van der Waals surface area contributed by atoms with Crippen LogP contribution in [0.1, 0.15) is 5.56 Å². The predicted molar refractivity (Wildman–Crippen MR) is 54.3 cm³/mol. The van der Waals surface area contributed by atoms with Crippen molar-refractivity contribution in [3.05, 3.63) is 55.0 Å². The van der Waals surface area contributed by atoms with Gasteiger partial charge >= 0.3 is 27.0 Å². The second kappa shape index (κ2) is 5.26. The van der Waals surface area contributed by atoms with Crippen molar-refractivity contribution in [3.8, 4) is 0 Å². The molecule has 0 unspecified atom stereocenters. The molecule has 0 saturated carbocycles. The molecule has 0 amide bonds. The van der Waals surface area contributed by atoms with Crippen molar-refractivity contribution in [2.75, 3.05) is 0 Å². The van der Waals surface area contributed by atoms with E-state index in [1.54, 1.807) is 0 Å². The van der Waals surface area contributed by atoms with E-state index in [2.05, 4.69) is 25.1 Å². The minimum absolute atomic E-state index is 0.847. The van der Waals surface area contributed by atoms with Crippen LogP contribution in [-0.2, 0) is 17.3 Å². The van der Waals surface area contributed by atoms with Crippen LogP contribution >= 0.6 is 9.69 Å². The molecule has 0 fully saturated rings. The van der Waals surface area contributed by atoms with E-state index in [0.29, 0.717) is 0 Å². The first-order chi connectivity index (χ1) is 6.38. The summed E-state index contributed by atoms with van der Waals surface area (Å²) in [5.74, 6) is 0. The fourth-order valence-corrected chi connectivity index (χ4v) is 1.29. The van der Waals surface area contributed by atoms with Gasteiger partial charge in [-0.15, -0.1) is 17.5 Å². The number of halogens is 1. The molecule has 0 atom stereocenters. The molecular weight excluding hydrogens is 233 g/mol. The molecule has 2 aromatic rings. The van der Waals surface area contributed by atoms with Gasteiger partial charge in [0.2, 0.25) is 0 Å². The average Bonchev–Trinajstić information content (AvgIpc) is 2.22. The summed E-state index contributed by atoms with van der Waals surface area (Å²) < 4.78 is 0. The molecule has 62 valence electrons. The van der Waals surface area contributed by atoms with E-state index in [4.69, 9.17) is 9.69 Å². The summed E-state index contributed by atoms with van der Waals surface area (Å²) in [7, 11) is 4.76. The van der Waals surface area contributed by atoms with Crippen molar-refractivity contribution in [1.29, 1.82) is 0 Å². The molecule has 0 aliphatic rings. The predicted octanol–water partition coefficient (Wildman–Crippen LogP) is 3.71. The summed E-state index contributed by atoms with van der Waals surface area (Å²) in [6.07, 6.45) is 0. The van der Waals surface area contributed by atoms with Crippen LogP contribution in [0.2, 0.25) is 0 Å². The molecule has 0 spiro atoms. The van der Waals surface area contributed by atoms with Gasteiger partial charge in [-0.3, -0.25) is 0 Å². The zero-order valence-electron chi connectivity index (χ0n) is 7.33. The van der Waals surface area contributed by atoms with E-state index in [0.717, 1.165) is 22.9 Å². The quantitative estimate of drug-likeness (QED) is 0.488. The average molecular weight is 242 g/mol. The fraction of sp³-hybridized carbons (Fsp3) is 0. The second-order valence-corrected chi connectivity index (χ2v) is 2.64. The third-order valence-corrected chi connectivity index (χ3v) is 1.88. The van der Waals surface area contributed by atoms with Crippen molar-refractivity contribution in [3.63, 3.8) is 0 Å². The Balaban J connectivity index is 0.000000396. The van der Waals surface area contributed by atoms with Gasteiger partial charge in [-0.25, -0.2) is 0 Å². The van der Waals surface area contributed by atoms with Crippen molar-refractivity contribution in [1.82, 2.24) is 0 Å². The molecule has 0 aromatic heterocycles. The molecule has 0 bridgehead atoms. The van der Waals surface area contributed by atoms with E-state index < -0.39 is 0 Å². The second-order valence-electron chi connectivity index (χ2n) is 2.64. The molecule has 13 heavy (non-hydrogen) atoms. The third-order valence-electron chi connectivity index (χ3n) is 1.88. The summed E-state index contributed by atoms with van der Waals surface area (Å²) in [6, 6.07) is 14.4. The zero-order valence-corrected chi connectivity index (χ0v) is 11.1. The molecule has 0 nitrogen and oxygen atoms in total. The van der Waals surface area contributed by atoms with Crippen molar-refractivity contribution < 1.29 is 17.3 Å². The third kappa shape index (κ3) is 2.46. The van der Waals surface area contributed by atoms with Gasteiger partial charge in [0.15, 0.2) is 0 Å². The van der Waals surface area contributed by atoms with E-state index in [1.165, 1.54) is 10.8 Å². The molecular formula is C11H9ClZn. The van der Waals surface area contributed by atoms with Crippen LogP contribution < -0.4 is 0 Å². The SMILES string of the molecule is [CH2-]c1cccc2ccccc12.[Cl][Zn+].